The Kier molecular flexibility index (Phi) is 4.67. The van der Waals surface area contributed by atoms with Gasteiger partial charge in [-0.2, -0.15) is 0 Å². The van der Waals surface area contributed by atoms with Crippen molar-refractivity contribution in [3.05, 3.63) is 70.8 Å². The standard InChI is InChI=1S/C20H18F2O4S/c1-20(2)18(13-5-7-14(8-6-13)27(3,24)25)15(19(23)26-20)10-12-4-9-16(21)17(22)11-12/h4-9,11H,10H2,1-3H3. The van der Waals surface area contributed by atoms with Crippen LogP contribution in [-0.2, 0) is 25.8 Å². The number of ether oxygens (including phenoxy) is 1. The summed E-state index contributed by atoms with van der Waals surface area (Å²) in [6.45, 7) is 3.45. The van der Waals surface area contributed by atoms with Crippen LogP contribution in [0.25, 0.3) is 5.57 Å². The molecule has 0 spiro atoms. The molecule has 0 aliphatic carbocycles. The second kappa shape index (κ2) is 6.56. The van der Waals surface area contributed by atoms with Gasteiger partial charge in [-0.25, -0.2) is 22.0 Å². The van der Waals surface area contributed by atoms with Crippen LogP contribution in [0.3, 0.4) is 0 Å². The minimum Gasteiger partial charge on any atom is -0.451 e. The topological polar surface area (TPSA) is 60.4 Å². The van der Waals surface area contributed by atoms with Crippen LogP contribution in [0.5, 0.6) is 0 Å². The monoisotopic (exact) mass is 392 g/mol. The lowest BCUT2D eigenvalue weighted by molar-refractivity contribution is -0.143. The van der Waals surface area contributed by atoms with Crippen molar-refractivity contribution in [3.63, 3.8) is 0 Å². The normalized spacial score (nSPS) is 16.6. The lowest BCUT2D eigenvalue weighted by Crippen LogP contribution is -2.22. The van der Waals surface area contributed by atoms with Gasteiger partial charge in [0.15, 0.2) is 21.5 Å². The van der Waals surface area contributed by atoms with E-state index in [-0.39, 0.29) is 11.3 Å². The molecule has 142 valence electrons. The molecule has 4 nitrogen and oxygen atoms in total. The van der Waals surface area contributed by atoms with E-state index in [2.05, 4.69) is 0 Å². The molecule has 7 heteroatoms. The maximum Gasteiger partial charge on any atom is 0.335 e. The summed E-state index contributed by atoms with van der Waals surface area (Å²) in [6, 6.07) is 9.62. The second-order valence-corrected chi connectivity index (χ2v) is 8.99. The number of cyclic esters (lactones) is 1. The predicted octanol–water partition coefficient (Wildman–Crippen LogP) is 3.70. The maximum atomic E-state index is 13.5. The summed E-state index contributed by atoms with van der Waals surface area (Å²) in [5.41, 5.74) is 1.06. The Hall–Kier alpha value is -2.54. The molecule has 2 aromatic rings. The van der Waals surface area contributed by atoms with Gasteiger partial charge < -0.3 is 4.74 Å². The molecule has 0 saturated heterocycles. The van der Waals surface area contributed by atoms with Crippen LogP contribution in [0, 0.1) is 11.6 Å². The number of rotatable bonds is 4. The van der Waals surface area contributed by atoms with E-state index in [1.54, 1.807) is 26.0 Å². The highest BCUT2D eigenvalue weighted by atomic mass is 32.2. The third-order valence-corrected chi connectivity index (χ3v) is 5.56. The highest BCUT2D eigenvalue weighted by molar-refractivity contribution is 7.90. The molecule has 0 bridgehead atoms. The first-order chi connectivity index (χ1) is 12.5. The zero-order valence-corrected chi connectivity index (χ0v) is 15.9. The Morgan fingerprint density at radius 1 is 1.00 bits per heavy atom. The maximum absolute atomic E-state index is 13.5. The van der Waals surface area contributed by atoms with Crippen LogP contribution in [0.2, 0.25) is 0 Å². The summed E-state index contributed by atoms with van der Waals surface area (Å²) in [4.78, 5) is 12.6. The summed E-state index contributed by atoms with van der Waals surface area (Å²) in [5.74, 6) is -2.48. The molecular weight excluding hydrogens is 374 g/mol. The Morgan fingerprint density at radius 3 is 2.19 bits per heavy atom. The smallest absolute Gasteiger partial charge is 0.335 e. The molecule has 2 aromatic carbocycles. The largest absolute Gasteiger partial charge is 0.451 e. The fourth-order valence-electron chi connectivity index (χ4n) is 3.21. The minimum atomic E-state index is -3.34. The number of hydrogen-bond acceptors (Lipinski definition) is 4. The average molecular weight is 392 g/mol. The minimum absolute atomic E-state index is 0.0720. The average Bonchev–Trinajstić information content (AvgIpc) is 2.78. The van der Waals surface area contributed by atoms with Gasteiger partial charge in [-0.3, -0.25) is 0 Å². The van der Waals surface area contributed by atoms with Crippen LogP contribution in [0.15, 0.2) is 52.9 Å². The van der Waals surface area contributed by atoms with E-state index >= 15 is 0 Å². The molecule has 1 aliphatic heterocycles. The molecule has 0 unspecified atom stereocenters. The first-order valence-electron chi connectivity index (χ1n) is 8.20. The van der Waals surface area contributed by atoms with Gasteiger partial charge in [-0.1, -0.05) is 18.2 Å². The van der Waals surface area contributed by atoms with E-state index in [9.17, 15) is 22.0 Å². The van der Waals surface area contributed by atoms with Crippen molar-refractivity contribution >= 4 is 21.4 Å². The zero-order chi connectivity index (χ0) is 20.0. The predicted molar refractivity (Wildman–Crippen MR) is 96.7 cm³/mol. The van der Waals surface area contributed by atoms with Gasteiger partial charge in [0.1, 0.15) is 5.60 Å². The van der Waals surface area contributed by atoms with Crippen LogP contribution in [0.1, 0.15) is 25.0 Å². The molecule has 3 rings (SSSR count). The van der Waals surface area contributed by atoms with Crippen LogP contribution in [0.4, 0.5) is 8.78 Å². The molecule has 27 heavy (non-hydrogen) atoms. The van der Waals surface area contributed by atoms with Crippen molar-refractivity contribution in [2.45, 2.75) is 30.8 Å². The van der Waals surface area contributed by atoms with Gasteiger partial charge in [0.05, 0.1) is 4.90 Å². The van der Waals surface area contributed by atoms with Crippen LogP contribution in [-0.4, -0.2) is 26.2 Å². The summed E-state index contributed by atoms with van der Waals surface area (Å²) in [6.07, 6.45) is 1.19. The van der Waals surface area contributed by atoms with Crippen molar-refractivity contribution in [3.8, 4) is 0 Å². The fraction of sp³-hybridized carbons (Fsp3) is 0.250. The van der Waals surface area contributed by atoms with Crippen molar-refractivity contribution in [2.24, 2.45) is 0 Å². The molecule has 1 aliphatic rings. The lowest BCUT2D eigenvalue weighted by atomic mass is 9.87. The number of halogens is 2. The Morgan fingerprint density at radius 2 is 1.63 bits per heavy atom. The number of hydrogen-bond donors (Lipinski definition) is 0. The number of sulfone groups is 1. The van der Waals surface area contributed by atoms with Gasteiger partial charge in [0.25, 0.3) is 0 Å². The Bertz CT molecular complexity index is 1050. The van der Waals surface area contributed by atoms with Crippen LogP contribution >= 0.6 is 0 Å². The molecule has 1 heterocycles. The van der Waals surface area contributed by atoms with Crippen LogP contribution < -0.4 is 0 Å². The van der Waals surface area contributed by atoms with Crippen molar-refractivity contribution in [2.75, 3.05) is 6.26 Å². The van der Waals surface area contributed by atoms with Crippen molar-refractivity contribution in [1.29, 1.82) is 0 Å². The van der Waals surface area contributed by atoms with E-state index in [1.165, 1.54) is 18.2 Å². The number of carbonyl (C=O) groups is 1. The second-order valence-electron chi connectivity index (χ2n) is 6.98. The molecule has 0 saturated carbocycles. The summed E-state index contributed by atoms with van der Waals surface area (Å²) in [7, 11) is -3.34. The first-order valence-corrected chi connectivity index (χ1v) is 10.1. The van der Waals surface area contributed by atoms with Gasteiger partial charge >= 0.3 is 5.97 Å². The van der Waals surface area contributed by atoms with E-state index in [4.69, 9.17) is 4.74 Å². The Labute approximate surface area is 156 Å². The fourth-order valence-corrected chi connectivity index (χ4v) is 3.85. The highest BCUT2D eigenvalue weighted by Crippen LogP contribution is 2.41. The summed E-state index contributed by atoms with van der Waals surface area (Å²) < 4.78 is 55.4. The molecule has 0 N–H and O–H groups in total. The quantitative estimate of drug-likeness (QED) is 0.745. The summed E-state index contributed by atoms with van der Waals surface area (Å²) in [5, 5.41) is 0. The molecule has 0 amide bonds. The van der Waals surface area contributed by atoms with Crippen molar-refractivity contribution in [1.82, 2.24) is 0 Å². The summed E-state index contributed by atoms with van der Waals surface area (Å²) >= 11 is 0. The Balaban J connectivity index is 2.08. The number of benzene rings is 2. The van der Waals surface area contributed by atoms with Gasteiger partial charge in [0.2, 0.25) is 0 Å². The van der Waals surface area contributed by atoms with Gasteiger partial charge in [-0.05, 0) is 49.2 Å². The SMILES string of the molecule is CC1(C)OC(=O)C(Cc2ccc(F)c(F)c2)=C1c1ccc(S(C)(=O)=O)cc1. The molecule has 0 fully saturated rings. The van der Waals surface area contributed by atoms with Crippen molar-refractivity contribution < 1.29 is 26.7 Å². The van der Waals surface area contributed by atoms with E-state index in [0.29, 0.717) is 22.3 Å². The van der Waals surface area contributed by atoms with E-state index in [0.717, 1.165) is 18.4 Å². The molecule has 0 atom stereocenters. The van der Waals surface area contributed by atoms with E-state index in [1.807, 2.05) is 0 Å². The molecule has 0 aromatic heterocycles. The molecule has 0 radical (unpaired) electrons. The third-order valence-electron chi connectivity index (χ3n) is 4.43. The zero-order valence-electron chi connectivity index (χ0n) is 15.0. The first kappa shape index (κ1) is 19.2. The number of carbonyl (C=O) groups excluding carboxylic acids is 1. The van der Waals surface area contributed by atoms with E-state index < -0.39 is 33.0 Å². The third kappa shape index (κ3) is 3.78. The lowest BCUT2D eigenvalue weighted by Gasteiger charge is -2.22. The number of esters is 1. The van der Waals surface area contributed by atoms with Gasteiger partial charge in [0, 0.05) is 23.8 Å². The molecular formula is C20H18F2O4S. The highest BCUT2D eigenvalue weighted by Gasteiger charge is 2.40. The van der Waals surface area contributed by atoms with Gasteiger partial charge in [-0.15, -0.1) is 0 Å².